The standard InChI is InChI=1S/C16H23NO3S/c1-21(18,19)12-4-9-17-10-11-20-16(13-17)8-7-14-5-2-3-6-15(14)16/h2-3,5-6H,4,7-13H2,1H3. The fraction of sp³-hybridized carbons (Fsp3) is 0.625. The Morgan fingerprint density at radius 3 is 2.95 bits per heavy atom. The molecule has 3 rings (SSSR count). The number of hydrogen-bond acceptors (Lipinski definition) is 4. The molecule has 1 aliphatic heterocycles. The van der Waals surface area contributed by atoms with Gasteiger partial charge in [-0.15, -0.1) is 0 Å². The van der Waals surface area contributed by atoms with E-state index in [9.17, 15) is 8.42 Å². The molecule has 1 aromatic carbocycles. The van der Waals surface area contributed by atoms with Crippen LogP contribution in [-0.4, -0.2) is 51.6 Å². The zero-order valence-corrected chi connectivity index (χ0v) is 13.4. The highest BCUT2D eigenvalue weighted by molar-refractivity contribution is 7.90. The molecular formula is C16H23NO3S. The van der Waals surface area contributed by atoms with Crippen LogP contribution in [0.2, 0.25) is 0 Å². The van der Waals surface area contributed by atoms with E-state index in [-0.39, 0.29) is 11.4 Å². The Balaban J connectivity index is 1.67. The van der Waals surface area contributed by atoms with Gasteiger partial charge >= 0.3 is 0 Å². The Hall–Kier alpha value is -0.910. The minimum absolute atomic E-state index is 0.167. The fourth-order valence-corrected chi connectivity index (χ4v) is 4.22. The van der Waals surface area contributed by atoms with E-state index in [1.165, 1.54) is 17.4 Å². The Morgan fingerprint density at radius 2 is 2.14 bits per heavy atom. The normalized spacial score (nSPS) is 26.1. The van der Waals surface area contributed by atoms with Gasteiger partial charge in [0.25, 0.3) is 0 Å². The second kappa shape index (κ2) is 5.71. The minimum Gasteiger partial charge on any atom is -0.368 e. The molecule has 5 heteroatoms. The van der Waals surface area contributed by atoms with Gasteiger partial charge in [-0.1, -0.05) is 24.3 Å². The van der Waals surface area contributed by atoms with Crippen LogP contribution in [0.1, 0.15) is 24.0 Å². The summed E-state index contributed by atoms with van der Waals surface area (Å²) in [4.78, 5) is 2.36. The molecule has 21 heavy (non-hydrogen) atoms. The van der Waals surface area contributed by atoms with Crippen molar-refractivity contribution in [2.75, 3.05) is 38.2 Å². The number of fused-ring (bicyclic) bond motifs is 2. The first-order valence-electron chi connectivity index (χ1n) is 7.61. The van der Waals surface area contributed by atoms with Crippen molar-refractivity contribution in [3.8, 4) is 0 Å². The summed E-state index contributed by atoms with van der Waals surface area (Å²) < 4.78 is 28.7. The van der Waals surface area contributed by atoms with Crippen LogP contribution in [0, 0.1) is 0 Å². The number of rotatable bonds is 4. The van der Waals surface area contributed by atoms with Crippen LogP contribution >= 0.6 is 0 Å². The van der Waals surface area contributed by atoms with Crippen LogP contribution in [0.3, 0.4) is 0 Å². The summed E-state index contributed by atoms with van der Waals surface area (Å²) in [6, 6.07) is 8.54. The molecule has 1 aromatic rings. The molecule has 1 unspecified atom stereocenters. The summed E-state index contributed by atoms with van der Waals surface area (Å²) in [5.74, 6) is 0.272. The van der Waals surface area contributed by atoms with Gasteiger partial charge in [0.05, 0.1) is 12.4 Å². The maximum Gasteiger partial charge on any atom is 0.147 e. The molecule has 0 saturated carbocycles. The monoisotopic (exact) mass is 309 g/mol. The van der Waals surface area contributed by atoms with Gasteiger partial charge in [-0.3, -0.25) is 4.90 Å². The summed E-state index contributed by atoms with van der Waals surface area (Å²) in [6.45, 7) is 3.34. The first-order chi connectivity index (χ1) is 9.99. The van der Waals surface area contributed by atoms with Crippen molar-refractivity contribution in [2.45, 2.75) is 24.9 Å². The molecule has 1 spiro atoms. The Bertz CT molecular complexity index is 610. The molecule has 0 aromatic heterocycles. The number of aryl methyl sites for hydroxylation is 1. The molecule has 116 valence electrons. The molecule has 1 heterocycles. The third-order valence-corrected chi connectivity index (χ3v) is 5.59. The third kappa shape index (κ3) is 3.30. The maximum atomic E-state index is 11.2. The van der Waals surface area contributed by atoms with E-state index < -0.39 is 9.84 Å². The largest absolute Gasteiger partial charge is 0.368 e. The number of morpholine rings is 1. The SMILES string of the molecule is CS(=O)(=O)CCCN1CCOC2(CCc3ccccc32)C1. The van der Waals surface area contributed by atoms with Gasteiger partial charge < -0.3 is 4.74 Å². The number of nitrogens with zero attached hydrogens (tertiary/aromatic N) is 1. The van der Waals surface area contributed by atoms with Crippen molar-refractivity contribution in [1.29, 1.82) is 0 Å². The third-order valence-electron chi connectivity index (χ3n) is 4.56. The van der Waals surface area contributed by atoms with E-state index in [0.717, 1.165) is 39.1 Å². The summed E-state index contributed by atoms with van der Waals surface area (Å²) >= 11 is 0. The van der Waals surface area contributed by atoms with Crippen molar-refractivity contribution < 1.29 is 13.2 Å². The Kier molecular flexibility index (Phi) is 4.08. The molecule has 1 saturated heterocycles. The molecule has 1 atom stereocenters. The van der Waals surface area contributed by atoms with Gasteiger partial charge in [-0.2, -0.15) is 0 Å². The molecule has 0 N–H and O–H groups in total. The summed E-state index contributed by atoms with van der Waals surface area (Å²) in [5.41, 5.74) is 2.56. The topological polar surface area (TPSA) is 46.6 Å². The highest BCUT2D eigenvalue weighted by Crippen LogP contribution is 2.42. The molecule has 0 amide bonds. The average Bonchev–Trinajstić information content (AvgIpc) is 2.77. The fourth-order valence-electron chi connectivity index (χ4n) is 3.57. The quantitative estimate of drug-likeness (QED) is 0.847. The van der Waals surface area contributed by atoms with E-state index in [2.05, 4.69) is 29.2 Å². The first-order valence-corrected chi connectivity index (χ1v) is 9.67. The van der Waals surface area contributed by atoms with Gasteiger partial charge in [0.1, 0.15) is 15.4 Å². The van der Waals surface area contributed by atoms with Crippen molar-refractivity contribution >= 4 is 9.84 Å². The summed E-state index contributed by atoms with van der Waals surface area (Å²) in [6.07, 6.45) is 4.12. The second-order valence-corrected chi connectivity index (χ2v) is 8.52. The molecule has 2 aliphatic rings. The predicted octanol–water partition coefficient (Wildman–Crippen LogP) is 1.59. The van der Waals surface area contributed by atoms with Gasteiger partial charge in [0.15, 0.2) is 0 Å². The highest BCUT2D eigenvalue weighted by Gasteiger charge is 2.42. The van der Waals surface area contributed by atoms with Crippen LogP contribution in [0.15, 0.2) is 24.3 Å². The lowest BCUT2D eigenvalue weighted by Gasteiger charge is -2.41. The Labute approximate surface area is 127 Å². The van der Waals surface area contributed by atoms with Crippen LogP contribution < -0.4 is 0 Å². The van der Waals surface area contributed by atoms with Crippen LogP contribution in [0.5, 0.6) is 0 Å². The van der Waals surface area contributed by atoms with Crippen molar-refractivity contribution in [3.63, 3.8) is 0 Å². The van der Waals surface area contributed by atoms with E-state index in [1.54, 1.807) is 0 Å². The summed E-state index contributed by atoms with van der Waals surface area (Å²) in [5, 5.41) is 0. The molecule has 0 radical (unpaired) electrons. The minimum atomic E-state index is -2.86. The van der Waals surface area contributed by atoms with Crippen LogP contribution in [0.25, 0.3) is 0 Å². The maximum absolute atomic E-state index is 11.2. The lowest BCUT2D eigenvalue weighted by molar-refractivity contribution is -0.113. The summed E-state index contributed by atoms with van der Waals surface area (Å²) in [7, 11) is -2.86. The predicted molar refractivity (Wildman–Crippen MR) is 83.2 cm³/mol. The number of sulfone groups is 1. The highest BCUT2D eigenvalue weighted by atomic mass is 32.2. The number of benzene rings is 1. The van der Waals surface area contributed by atoms with Gasteiger partial charge in [0.2, 0.25) is 0 Å². The van der Waals surface area contributed by atoms with Crippen molar-refractivity contribution in [2.24, 2.45) is 0 Å². The van der Waals surface area contributed by atoms with Crippen LogP contribution in [-0.2, 0) is 26.6 Å². The Morgan fingerprint density at radius 1 is 1.33 bits per heavy atom. The average molecular weight is 309 g/mol. The van der Waals surface area contributed by atoms with Gasteiger partial charge in [0, 0.05) is 19.3 Å². The van der Waals surface area contributed by atoms with Gasteiger partial charge in [-0.25, -0.2) is 8.42 Å². The lowest BCUT2D eigenvalue weighted by atomic mass is 9.93. The molecule has 4 nitrogen and oxygen atoms in total. The smallest absolute Gasteiger partial charge is 0.147 e. The van der Waals surface area contributed by atoms with E-state index in [1.807, 2.05) is 0 Å². The van der Waals surface area contributed by atoms with E-state index in [4.69, 9.17) is 4.74 Å². The molecule has 0 bridgehead atoms. The second-order valence-electron chi connectivity index (χ2n) is 6.26. The number of ether oxygens (including phenoxy) is 1. The molecular weight excluding hydrogens is 286 g/mol. The molecule has 1 aliphatic carbocycles. The number of hydrogen-bond donors (Lipinski definition) is 0. The van der Waals surface area contributed by atoms with E-state index in [0.29, 0.717) is 6.42 Å². The first kappa shape index (κ1) is 15.0. The lowest BCUT2D eigenvalue weighted by Crippen LogP contribution is -2.49. The molecule has 1 fully saturated rings. The van der Waals surface area contributed by atoms with Crippen LogP contribution in [0.4, 0.5) is 0 Å². The zero-order valence-electron chi connectivity index (χ0n) is 12.5. The van der Waals surface area contributed by atoms with Crippen molar-refractivity contribution in [3.05, 3.63) is 35.4 Å². The zero-order chi connectivity index (χ0) is 14.9. The van der Waals surface area contributed by atoms with Crippen molar-refractivity contribution in [1.82, 2.24) is 4.90 Å². The van der Waals surface area contributed by atoms with Gasteiger partial charge in [-0.05, 0) is 36.9 Å². The van der Waals surface area contributed by atoms with E-state index >= 15 is 0 Å².